The molecule has 126 valence electrons. The molecule has 0 bridgehead atoms. The molecule has 0 saturated carbocycles. The van der Waals surface area contributed by atoms with Gasteiger partial charge in [-0.05, 0) is 46.3 Å². The van der Waals surface area contributed by atoms with Gasteiger partial charge >= 0.3 is 0 Å². The molecule has 2 aliphatic rings. The summed E-state index contributed by atoms with van der Waals surface area (Å²) in [5, 5.41) is 3.44. The van der Waals surface area contributed by atoms with Crippen molar-refractivity contribution in [1.29, 1.82) is 0 Å². The molecule has 2 aliphatic heterocycles. The van der Waals surface area contributed by atoms with Gasteiger partial charge in [0.25, 0.3) is 0 Å². The van der Waals surface area contributed by atoms with Gasteiger partial charge < -0.3 is 10.1 Å². The van der Waals surface area contributed by atoms with Crippen LogP contribution in [0.1, 0.15) is 24.4 Å². The molecule has 2 saturated heterocycles. The van der Waals surface area contributed by atoms with E-state index in [1.807, 2.05) is 6.20 Å². The van der Waals surface area contributed by atoms with E-state index >= 15 is 0 Å². The van der Waals surface area contributed by atoms with Crippen LogP contribution < -0.4 is 5.32 Å². The molecule has 1 atom stereocenters. The van der Waals surface area contributed by atoms with E-state index < -0.39 is 0 Å². The van der Waals surface area contributed by atoms with Crippen molar-refractivity contribution in [1.82, 2.24) is 15.2 Å². The largest absolute Gasteiger partial charge is 0.381 e. The summed E-state index contributed by atoms with van der Waals surface area (Å²) in [6.07, 6.45) is 4.35. The van der Waals surface area contributed by atoms with Gasteiger partial charge in [-0.15, -0.1) is 24.8 Å². The first kappa shape index (κ1) is 20.1. The molecular formula is C15H24BrCl2N3O. The fourth-order valence-electron chi connectivity index (χ4n) is 3.34. The first-order valence-electron chi connectivity index (χ1n) is 7.48. The molecule has 1 N–H and O–H groups in total. The third kappa shape index (κ3) is 5.05. The Morgan fingerprint density at radius 1 is 1.18 bits per heavy atom. The molecule has 7 heteroatoms. The van der Waals surface area contributed by atoms with Gasteiger partial charge in [0.2, 0.25) is 0 Å². The molecule has 22 heavy (non-hydrogen) atoms. The fraction of sp³-hybridized carbons (Fsp3) is 0.667. The predicted octanol–water partition coefficient (Wildman–Crippen LogP) is 3.06. The maximum Gasteiger partial charge on any atom is 0.106 e. The molecule has 0 aliphatic carbocycles. The van der Waals surface area contributed by atoms with Crippen LogP contribution in [0.2, 0.25) is 0 Å². The quantitative estimate of drug-likeness (QED) is 0.774. The summed E-state index contributed by atoms with van der Waals surface area (Å²) in [4.78, 5) is 7.06. The zero-order valence-corrected chi connectivity index (χ0v) is 15.8. The van der Waals surface area contributed by atoms with E-state index in [4.69, 9.17) is 4.74 Å². The van der Waals surface area contributed by atoms with Crippen LogP contribution in [0.5, 0.6) is 0 Å². The molecule has 0 amide bonds. The van der Waals surface area contributed by atoms with Crippen molar-refractivity contribution in [3.05, 3.63) is 28.5 Å². The number of piperazine rings is 1. The molecule has 0 radical (unpaired) electrons. The summed E-state index contributed by atoms with van der Waals surface area (Å²) >= 11 is 3.43. The lowest BCUT2D eigenvalue weighted by molar-refractivity contribution is 0.0212. The summed E-state index contributed by atoms with van der Waals surface area (Å²) in [5.74, 6) is 0.685. The molecule has 2 fully saturated rings. The molecule has 1 aromatic heterocycles. The van der Waals surface area contributed by atoms with E-state index in [9.17, 15) is 0 Å². The lowest BCUT2D eigenvalue weighted by Crippen LogP contribution is -2.47. The van der Waals surface area contributed by atoms with E-state index in [2.05, 4.69) is 43.3 Å². The number of nitrogens with zero attached hydrogens (tertiary/aromatic N) is 2. The average molecular weight is 413 g/mol. The predicted molar refractivity (Wildman–Crippen MR) is 97.2 cm³/mol. The Kier molecular flexibility index (Phi) is 9.21. The van der Waals surface area contributed by atoms with Gasteiger partial charge in [-0.3, -0.25) is 4.90 Å². The number of halogens is 3. The third-order valence-electron chi connectivity index (χ3n) is 4.35. The van der Waals surface area contributed by atoms with Crippen LogP contribution in [-0.4, -0.2) is 49.3 Å². The second kappa shape index (κ2) is 10.1. The van der Waals surface area contributed by atoms with E-state index in [1.54, 1.807) is 0 Å². The highest BCUT2D eigenvalue weighted by Gasteiger charge is 2.31. The third-order valence-corrected chi connectivity index (χ3v) is 4.82. The van der Waals surface area contributed by atoms with E-state index in [0.29, 0.717) is 12.0 Å². The summed E-state index contributed by atoms with van der Waals surface area (Å²) in [6.45, 7) is 6.22. The van der Waals surface area contributed by atoms with E-state index in [-0.39, 0.29) is 24.8 Å². The van der Waals surface area contributed by atoms with Gasteiger partial charge in [-0.2, -0.15) is 0 Å². The maximum atomic E-state index is 5.54. The Bertz CT molecular complexity index is 405. The highest BCUT2D eigenvalue weighted by atomic mass is 79.9. The Labute approximate surface area is 153 Å². The number of aromatic nitrogens is 1. The molecule has 0 spiro atoms. The minimum absolute atomic E-state index is 0. The summed E-state index contributed by atoms with van der Waals surface area (Å²) in [6, 6.07) is 4.77. The minimum atomic E-state index is 0. The van der Waals surface area contributed by atoms with E-state index in [0.717, 1.165) is 56.8 Å². The highest BCUT2D eigenvalue weighted by molar-refractivity contribution is 9.10. The Morgan fingerprint density at radius 2 is 1.86 bits per heavy atom. The molecule has 0 aromatic carbocycles. The van der Waals surface area contributed by atoms with E-state index in [1.165, 1.54) is 5.56 Å². The smallest absolute Gasteiger partial charge is 0.106 e. The lowest BCUT2D eigenvalue weighted by Gasteiger charge is -2.41. The number of hydrogen-bond acceptors (Lipinski definition) is 4. The van der Waals surface area contributed by atoms with Crippen LogP contribution in [-0.2, 0) is 4.74 Å². The first-order valence-corrected chi connectivity index (χ1v) is 8.28. The lowest BCUT2D eigenvalue weighted by atomic mass is 9.86. The second-order valence-electron chi connectivity index (χ2n) is 5.59. The fourth-order valence-corrected chi connectivity index (χ4v) is 3.57. The number of pyridine rings is 1. The molecule has 1 aromatic rings. The van der Waals surface area contributed by atoms with Crippen molar-refractivity contribution >= 4 is 40.7 Å². The van der Waals surface area contributed by atoms with Crippen molar-refractivity contribution in [2.24, 2.45) is 5.92 Å². The molecule has 4 nitrogen and oxygen atoms in total. The van der Waals surface area contributed by atoms with Crippen LogP contribution in [0.3, 0.4) is 0 Å². The van der Waals surface area contributed by atoms with Crippen LogP contribution in [0.25, 0.3) is 0 Å². The average Bonchev–Trinajstić information content (AvgIpc) is 2.52. The first-order chi connectivity index (χ1) is 9.84. The molecule has 0 unspecified atom stereocenters. The molecule has 3 heterocycles. The zero-order valence-electron chi connectivity index (χ0n) is 12.5. The van der Waals surface area contributed by atoms with Crippen LogP contribution >= 0.6 is 40.7 Å². The van der Waals surface area contributed by atoms with Crippen molar-refractivity contribution < 1.29 is 4.74 Å². The Morgan fingerprint density at radius 3 is 2.45 bits per heavy atom. The summed E-state index contributed by atoms with van der Waals surface area (Å²) in [7, 11) is 0. The van der Waals surface area contributed by atoms with Gasteiger partial charge in [0.05, 0.1) is 0 Å². The number of hydrogen-bond donors (Lipinski definition) is 1. The normalized spacial score (nSPS) is 21.5. The van der Waals surface area contributed by atoms with Gasteiger partial charge in [-0.1, -0.05) is 6.07 Å². The van der Waals surface area contributed by atoms with Crippen molar-refractivity contribution in [2.45, 2.75) is 18.9 Å². The van der Waals surface area contributed by atoms with Crippen molar-refractivity contribution in [3.8, 4) is 0 Å². The Hall–Kier alpha value is 0.0900. The van der Waals surface area contributed by atoms with Crippen LogP contribution in [0, 0.1) is 5.92 Å². The summed E-state index contributed by atoms with van der Waals surface area (Å²) < 4.78 is 6.45. The van der Waals surface area contributed by atoms with Gasteiger partial charge in [-0.25, -0.2) is 4.98 Å². The van der Waals surface area contributed by atoms with Gasteiger partial charge in [0, 0.05) is 51.6 Å². The van der Waals surface area contributed by atoms with Gasteiger partial charge in [0.1, 0.15) is 4.60 Å². The SMILES string of the molecule is Brc1ccc([C@@H](C2CCOCC2)N2CCNCC2)cn1.Cl.Cl. The monoisotopic (exact) mass is 411 g/mol. The number of rotatable bonds is 3. The summed E-state index contributed by atoms with van der Waals surface area (Å²) in [5.41, 5.74) is 1.35. The number of ether oxygens (including phenoxy) is 1. The van der Waals surface area contributed by atoms with Crippen molar-refractivity contribution in [3.63, 3.8) is 0 Å². The number of nitrogens with one attached hydrogen (secondary N) is 1. The Balaban J connectivity index is 0.00000121. The second-order valence-corrected chi connectivity index (χ2v) is 6.41. The van der Waals surface area contributed by atoms with Crippen LogP contribution in [0.15, 0.2) is 22.9 Å². The van der Waals surface area contributed by atoms with Gasteiger partial charge in [0.15, 0.2) is 0 Å². The highest BCUT2D eigenvalue weighted by Crippen LogP contribution is 2.35. The molecular weight excluding hydrogens is 389 g/mol. The zero-order chi connectivity index (χ0) is 13.8. The van der Waals surface area contributed by atoms with Crippen LogP contribution in [0.4, 0.5) is 0 Å². The van der Waals surface area contributed by atoms with Crippen molar-refractivity contribution in [2.75, 3.05) is 39.4 Å². The maximum absolute atomic E-state index is 5.54. The topological polar surface area (TPSA) is 37.4 Å². The minimum Gasteiger partial charge on any atom is -0.381 e. The standard InChI is InChI=1S/C15H22BrN3O.2ClH/c16-14-2-1-13(11-18-14)15(12-3-9-20-10-4-12)19-7-5-17-6-8-19;;/h1-2,11-12,15,17H,3-10H2;2*1H/t15-;;/m1../s1. The molecule has 3 rings (SSSR count).